The van der Waals surface area contributed by atoms with Gasteiger partial charge in [0.2, 0.25) is 0 Å². The summed E-state index contributed by atoms with van der Waals surface area (Å²) < 4.78 is 6.58. The van der Waals surface area contributed by atoms with Crippen LogP contribution in [-0.4, -0.2) is 81.2 Å². The molecule has 2 amide bonds. The Morgan fingerprint density at radius 2 is 1.74 bits per heavy atom. The van der Waals surface area contributed by atoms with E-state index in [-0.39, 0.29) is 17.7 Å². The highest BCUT2D eigenvalue weighted by atomic mass is 28.4. The summed E-state index contributed by atoms with van der Waals surface area (Å²) in [5, 5.41) is 12.7. The van der Waals surface area contributed by atoms with Crippen molar-refractivity contribution in [3.05, 3.63) is 0 Å². The molecular formula is C24H49N3O3Si. The van der Waals surface area contributed by atoms with Crippen molar-refractivity contribution in [2.45, 2.75) is 96.4 Å². The predicted molar refractivity (Wildman–Crippen MR) is 131 cm³/mol. The molecule has 0 radical (unpaired) electrons. The maximum atomic E-state index is 12.6. The average molecular weight is 456 g/mol. The molecular weight excluding hydrogens is 406 g/mol. The normalized spacial score (nSPS) is 20.1. The van der Waals surface area contributed by atoms with E-state index in [2.05, 4.69) is 44.1 Å². The lowest BCUT2D eigenvalue weighted by Gasteiger charge is -2.42. The second-order valence-electron chi connectivity index (χ2n) is 11.2. The van der Waals surface area contributed by atoms with E-state index in [0.717, 1.165) is 51.4 Å². The molecule has 7 heteroatoms. The molecule has 31 heavy (non-hydrogen) atoms. The number of rotatable bonds is 10. The van der Waals surface area contributed by atoms with E-state index < -0.39 is 8.32 Å². The molecule has 0 unspecified atom stereocenters. The van der Waals surface area contributed by atoms with Crippen LogP contribution < -0.4 is 5.32 Å². The van der Waals surface area contributed by atoms with Gasteiger partial charge in [-0.25, -0.2) is 4.79 Å². The Bertz CT molecular complexity index is 525. The first-order valence-electron chi connectivity index (χ1n) is 12.7. The molecule has 2 aliphatic rings. The van der Waals surface area contributed by atoms with Gasteiger partial charge in [-0.05, 0) is 43.3 Å². The second-order valence-corrected chi connectivity index (χ2v) is 15.9. The van der Waals surface area contributed by atoms with E-state index in [1.807, 2.05) is 0 Å². The maximum absolute atomic E-state index is 12.6. The molecule has 2 fully saturated rings. The van der Waals surface area contributed by atoms with Crippen LogP contribution in [0.1, 0.15) is 72.1 Å². The average Bonchev–Trinajstić information content (AvgIpc) is 2.72. The lowest BCUT2D eigenvalue weighted by atomic mass is 9.87. The number of hydrogen-bond donors (Lipinski definition) is 2. The van der Waals surface area contributed by atoms with Crippen LogP contribution in [0.4, 0.5) is 4.79 Å². The highest BCUT2D eigenvalue weighted by Gasteiger charge is 2.39. The zero-order valence-corrected chi connectivity index (χ0v) is 21.9. The van der Waals surface area contributed by atoms with Gasteiger partial charge >= 0.3 is 6.03 Å². The number of piperidine rings is 1. The summed E-state index contributed by atoms with van der Waals surface area (Å²) in [6.07, 6.45) is 10.2. The van der Waals surface area contributed by atoms with Gasteiger partial charge in [0.1, 0.15) is 0 Å². The quantitative estimate of drug-likeness (QED) is 0.478. The van der Waals surface area contributed by atoms with Crippen molar-refractivity contribution in [1.82, 2.24) is 15.1 Å². The first kappa shape index (κ1) is 26.6. The molecule has 0 aromatic carbocycles. The van der Waals surface area contributed by atoms with Gasteiger partial charge < -0.3 is 24.6 Å². The van der Waals surface area contributed by atoms with Crippen LogP contribution in [0.5, 0.6) is 0 Å². The Morgan fingerprint density at radius 3 is 2.32 bits per heavy atom. The third-order valence-corrected chi connectivity index (χ3v) is 12.2. The number of aliphatic hydroxyl groups is 1. The van der Waals surface area contributed by atoms with Crippen molar-refractivity contribution in [1.29, 1.82) is 0 Å². The zero-order valence-electron chi connectivity index (χ0n) is 20.9. The van der Waals surface area contributed by atoms with Crippen LogP contribution in [0.2, 0.25) is 18.1 Å². The maximum Gasteiger partial charge on any atom is 0.317 e. The summed E-state index contributed by atoms with van der Waals surface area (Å²) in [5.74, 6) is 0.748. The SMILES string of the molecule is CC(C)(C)[Si](C)(C)OC1CCN(CCNC(=O)N(CCO)CCC2CCCCC2)CC1. The van der Waals surface area contributed by atoms with Crippen LogP contribution in [0, 0.1) is 5.92 Å². The molecule has 182 valence electrons. The minimum Gasteiger partial charge on any atom is -0.414 e. The molecule has 0 aromatic rings. The summed E-state index contributed by atoms with van der Waals surface area (Å²) >= 11 is 0. The smallest absolute Gasteiger partial charge is 0.317 e. The lowest BCUT2D eigenvalue weighted by Crippen LogP contribution is -2.49. The molecule has 2 N–H and O–H groups in total. The van der Waals surface area contributed by atoms with E-state index in [4.69, 9.17) is 4.43 Å². The van der Waals surface area contributed by atoms with Gasteiger partial charge in [-0.3, -0.25) is 0 Å². The molecule has 6 nitrogen and oxygen atoms in total. The van der Waals surface area contributed by atoms with Crippen LogP contribution >= 0.6 is 0 Å². The fourth-order valence-corrected chi connectivity index (χ4v) is 5.95. The topological polar surface area (TPSA) is 65.0 Å². The standard InChI is InChI=1S/C24H49N3O3Si/c1-24(2,3)31(4,5)30-22-12-15-26(16-13-22)18-14-25-23(29)27(19-20-28)17-11-21-9-7-6-8-10-21/h21-22,28H,6-20H2,1-5H3,(H,25,29). The third-order valence-electron chi connectivity index (χ3n) is 7.70. The van der Waals surface area contributed by atoms with Crippen molar-refractivity contribution in [2.24, 2.45) is 5.92 Å². The van der Waals surface area contributed by atoms with E-state index in [1.165, 1.54) is 32.1 Å². The van der Waals surface area contributed by atoms with Crippen LogP contribution in [-0.2, 0) is 4.43 Å². The molecule has 1 saturated carbocycles. The number of nitrogens with zero attached hydrogens (tertiary/aromatic N) is 2. The number of urea groups is 1. The Morgan fingerprint density at radius 1 is 1.10 bits per heavy atom. The molecule has 1 heterocycles. The number of hydrogen-bond acceptors (Lipinski definition) is 4. The molecule has 0 spiro atoms. The van der Waals surface area contributed by atoms with Gasteiger partial charge in [0.25, 0.3) is 0 Å². The fraction of sp³-hybridized carbons (Fsp3) is 0.958. The van der Waals surface area contributed by atoms with Crippen LogP contribution in [0.3, 0.4) is 0 Å². The number of likely N-dealkylation sites (tertiary alicyclic amines) is 1. The number of carbonyl (C=O) groups excluding carboxylic acids is 1. The molecule has 0 aromatic heterocycles. The summed E-state index contributed by atoms with van der Waals surface area (Å²) in [6, 6.07) is -0.0268. The van der Waals surface area contributed by atoms with Crippen molar-refractivity contribution in [2.75, 3.05) is 45.9 Å². The Balaban J connectivity index is 1.65. The summed E-state index contributed by atoms with van der Waals surface area (Å²) in [6.45, 7) is 16.4. The third kappa shape index (κ3) is 9.02. The molecule has 2 rings (SSSR count). The first-order chi connectivity index (χ1) is 14.6. The monoisotopic (exact) mass is 455 g/mol. The lowest BCUT2D eigenvalue weighted by molar-refractivity contribution is 0.0899. The van der Waals surface area contributed by atoms with Crippen molar-refractivity contribution >= 4 is 14.3 Å². The first-order valence-corrected chi connectivity index (χ1v) is 15.6. The van der Waals surface area contributed by atoms with Crippen LogP contribution in [0.25, 0.3) is 0 Å². The van der Waals surface area contributed by atoms with Crippen LogP contribution in [0.15, 0.2) is 0 Å². The molecule has 1 aliphatic heterocycles. The number of carbonyl (C=O) groups is 1. The molecule has 1 aliphatic carbocycles. The van der Waals surface area contributed by atoms with E-state index in [0.29, 0.717) is 19.2 Å². The van der Waals surface area contributed by atoms with E-state index in [1.54, 1.807) is 4.90 Å². The number of aliphatic hydroxyl groups excluding tert-OH is 1. The van der Waals surface area contributed by atoms with Gasteiger partial charge in [0.15, 0.2) is 8.32 Å². The zero-order chi connectivity index (χ0) is 22.9. The Kier molecular flexibility index (Phi) is 10.8. The van der Waals surface area contributed by atoms with Gasteiger partial charge in [0, 0.05) is 45.4 Å². The second kappa shape index (κ2) is 12.6. The van der Waals surface area contributed by atoms with Gasteiger partial charge in [-0.2, -0.15) is 0 Å². The molecule has 1 saturated heterocycles. The minimum atomic E-state index is -1.70. The molecule has 0 atom stereocenters. The van der Waals surface area contributed by atoms with Crippen molar-refractivity contribution in [3.63, 3.8) is 0 Å². The van der Waals surface area contributed by atoms with E-state index in [9.17, 15) is 9.90 Å². The molecule has 0 bridgehead atoms. The summed E-state index contributed by atoms with van der Waals surface area (Å²) in [7, 11) is -1.70. The van der Waals surface area contributed by atoms with Gasteiger partial charge in [-0.1, -0.05) is 52.9 Å². The largest absolute Gasteiger partial charge is 0.414 e. The number of nitrogens with one attached hydrogen (secondary N) is 1. The Labute approximate surface area is 192 Å². The number of amides is 2. The highest BCUT2D eigenvalue weighted by molar-refractivity contribution is 6.74. The fourth-order valence-electron chi connectivity index (χ4n) is 4.53. The summed E-state index contributed by atoms with van der Waals surface area (Å²) in [5.41, 5.74) is 0. The van der Waals surface area contributed by atoms with Crippen molar-refractivity contribution in [3.8, 4) is 0 Å². The Hall–Kier alpha value is -0.633. The predicted octanol–water partition coefficient (Wildman–Crippen LogP) is 4.45. The van der Waals surface area contributed by atoms with Crippen molar-refractivity contribution < 1.29 is 14.3 Å². The minimum absolute atomic E-state index is 0.0268. The van der Waals surface area contributed by atoms with E-state index >= 15 is 0 Å². The van der Waals surface area contributed by atoms with Gasteiger partial charge in [-0.15, -0.1) is 0 Å². The van der Waals surface area contributed by atoms with Gasteiger partial charge in [0.05, 0.1) is 6.61 Å². The summed E-state index contributed by atoms with van der Waals surface area (Å²) in [4.78, 5) is 16.9. The highest BCUT2D eigenvalue weighted by Crippen LogP contribution is 2.38.